The van der Waals surface area contributed by atoms with Crippen LogP contribution in [0.15, 0.2) is 46.9 Å². The number of carbonyl (C=O) groups is 1. The molecule has 0 unspecified atom stereocenters. The van der Waals surface area contributed by atoms with E-state index in [-0.39, 0.29) is 5.78 Å². The third kappa shape index (κ3) is 2.71. The van der Waals surface area contributed by atoms with E-state index < -0.39 is 5.41 Å². The Balaban J connectivity index is 2.49. The van der Waals surface area contributed by atoms with Crippen LogP contribution in [0.4, 0.5) is 0 Å². The molecular weight excluding hydrogens is 312 g/mol. The summed E-state index contributed by atoms with van der Waals surface area (Å²) in [7, 11) is 0. The van der Waals surface area contributed by atoms with Crippen LogP contribution in [0.25, 0.3) is 0 Å². The second kappa shape index (κ2) is 5.53. The molecule has 0 spiro atoms. The first kappa shape index (κ1) is 15.0. The van der Waals surface area contributed by atoms with Crippen LogP contribution in [0, 0.1) is 13.8 Å². The maximum Gasteiger partial charge on any atom is 0.173 e. The first-order valence-corrected chi connectivity index (χ1v) is 7.50. The number of rotatable bonds is 3. The van der Waals surface area contributed by atoms with Crippen LogP contribution in [0.3, 0.4) is 0 Å². The van der Waals surface area contributed by atoms with Crippen molar-refractivity contribution in [1.82, 2.24) is 0 Å². The molecule has 0 saturated heterocycles. The average Bonchev–Trinajstić information content (AvgIpc) is 2.43. The smallest absolute Gasteiger partial charge is 0.173 e. The van der Waals surface area contributed by atoms with Crippen LogP contribution in [0.5, 0.6) is 0 Å². The van der Waals surface area contributed by atoms with Gasteiger partial charge in [-0.25, -0.2) is 0 Å². The second-order valence-corrected chi connectivity index (χ2v) is 6.59. The number of aryl methyl sites for hydroxylation is 2. The van der Waals surface area contributed by atoms with Gasteiger partial charge in [-0.3, -0.25) is 4.79 Å². The Hall–Kier alpha value is -1.41. The summed E-state index contributed by atoms with van der Waals surface area (Å²) >= 11 is 3.51. The average molecular weight is 331 g/mol. The molecule has 0 saturated carbocycles. The molecule has 0 aliphatic heterocycles. The number of hydrogen-bond acceptors (Lipinski definition) is 1. The number of hydrogen-bond donors (Lipinski definition) is 0. The minimum absolute atomic E-state index is 0.164. The molecule has 0 aliphatic carbocycles. The van der Waals surface area contributed by atoms with Crippen molar-refractivity contribution in [1.29, 1.82) is 0 Å². The van der Waals surface area contributed by atoms with Crippen molar-refractivity contribution in [3.63, 3.8) is 0 Å². The maximum atomic E-state index is 12.9. The molecule has 2 aromatic carbocycles. The van der Waals surface area contributed by atoms with E-state index in [1.807, 2.05) is 70.2 Å². The Bertz CT molecular complexity index is 642. The van der Waals surface area contributed by atoms with Crippen molar-refractivity contribution in [2.75, 3.05) is 0 Å². The van der Waals surface area contributed by atoms with Gasteiger partial charge in [0.25, 0.3) is 0 Å². The fraction of sp³-hybridized carbons (Fsp3) is 0.278. The third-order valence-electron chi connectivity index (χ3n) is 3.81. The molecule has 0 aromatic heterocycles. The Kier molecular flexibility index (Phi) is 4.14. The molecule has 2 heteroatoms. The predicted octanol–water partition coefficient (Wildman–Crippen LogP) is 5.23. The minimum Gasteiger partial charge on any atom is -0.293 e. The Morgan fingerprint density at radius 1 is 1.00 bits per heavy atom. The van der Waals surface area contributed by atoms with Crippen molar-refractivity contribution in [2.45, 2.75) is 33.1 Å². The molecule has 0 amide bonds. The third-order valence-corrected chi connectivity index (χ3v) is 4.67. The van der Waals surface area contributed by atoms with Crippen LogP contribution in [0.1, 0.15) is 40.9 Å². The van der Waals surface area contributed by atoms with Gasteiger partial charge in [0, 0.05) is 10.0 Å². The van der Waals surface area contributed by atoms with E-state index in [2.05, 4.69) is 15.9 Å². The zero-order chi connectivity index (χ0) is 14.9. The van der Waals surface area contributed by atoms with Gasteiger partial charge in [0.15, 0.2) is 5.78 Å². The topological polar surface area (TPSA) is 17.1 Å². The molecule has 0 bridgehead atoms. The molecular formula is C18H19BrO. The molecule has 0 atom stereocenters. The molecule has 0 aliphatic rings. The number of benzene rings is 2. The lowest BCUT2D eigenvalue weighted by Gasteiger charge is -2.25. The molecule has 2 rings (SSSR count). The quantitative estimate of drug-likeness (QED) is 0.704. The van der Waals surface area contributed by atoms with Gasteiger partial charge in [-0.2, -0.15) is 0 Å². The normalized spacial score (nSPS) is 11.4. The van der Waals surface area contributed by atoms with Crippen LogP contribution in [0.2, 0.25) is 0 Å². The molecule has 0 heterocycles. The van der Waals surface area contributed by atoms with E-state index in [0.717, 1.165) is 26.7 Å². The number of halogens is 1. The van der Waals surface area contributed by atoms with E-state index in [1.54, 1.807) is 0 Å². The van der Waals surface area contributed by atoms with Gasteiger partial charge in [0.1, 0.15) is 0 Å². The SMILES string of the molecule is Cc1cc(C(=O)C(C)(C)c2ccccc2)c(C)cc1Br. The molecule has 0 radical (unpaired) electrons. The van der Waals surface area contributed by atoms with Gasteiger partial charge < -0.3 is 0 Å². The monoisotopic (exact) mass is 330 g/mol. The molecule has 1 nitrogen and oxygen atoms in total. The van der Waals surface area contributed by atoms with Gasteiger partial charge in [-0.05, 0) is 56.5 Å². The van der Waals surface area contributed by atoms with Gasteiger partial charge in [0.05, 0.1) is 5.41 Å². The molecule has 0 fully saturated rings. The van der Waals surface area contributed by atoms with Gasteiger partial charge in [-0.15, -0.1) is 0 Å². The highest BCUT2D eigenvalue weighted by atomic mass is 79.9. The lowest BCUT2D eigenvalue weighted by atomic mass is 9.77. The standard InChI is InChI=1S/C18H19BrO/c1-12-11-16(19)13(2)10-15(12)17(20)18(3,4)14-8-6-5-7-9-14/h5-11H,1-4H3. The fourth-order valence-electron chi connectivity index (χ4n) is 2.35. The molecule has 104 valence electrons. The van der Waals surface area contributed by atoms with Gasteiger partial charge in [-0.1, -0.05) is 46.3 Å². The summed E-state index contributed by atoms with van der Waals surface area (Å²) in [5, 5.41) is 0. The van der Waals surface area contributed by atoms with Crippen molar-refractivity contribution in [3.8, 4) is 0 Å². The zero-order valence-corrected chi connectivity index (χ0v) is 13.9. The summed E-state index contributed by atoms with van der Waals surface area (Å²) in [6.45, 7) is 7.97. The summed E-state index contributed by atoms with van der Waals surface area (Å²) in [4.78, 5) is 12.9. The second-order valence-electron chi connectivity index (χ2n) is 5.74. The maximum absolute atomic E-state index is 12.9. The zero-order valence-electron chi connectivity index (χ0n) is 12.3. The van der Waals surface area contributed by atoms with Crippen LogP contribution >= 0.6 is 15.9 Å². The molecule has 20 heavy (non-hydrogen) atoms. The Labute approximate surface area is 129 Å². The number of carbonyl (C=O) groups excluding carboxylic acids is 1. The summed E-state index contributed by atoms with van der Waals surface area (Å²) in [5.74, 6) is 0.164. The van der Waals surface area contributed by atoms with E-state index in [0.29, 0.717) is 0 Å². The van der Waals surface area contributed by atoms with Crippen molar-refractivity contribution in [2.24, 2.45) is 0 Å². The largest absolute Gasteiger partial charge is 0.293 e. The van der Waals surface area contributed by atoms with Gasteiger partial charge in [0.2, 0.25) is 0 Å². The van der Waals surface area contributed by atoms with E-state index in [1.165, 1.54) is 0 Å². The Morgan fingerprint density at radius 3 is 2.20 bits per heavy atom. The lowest BCUT2D eigenvalue weighted by molar-refractivity contribution is 0.0908. The highest BCUT2D eigenvalue weighted by Gasteiger charge is 2.31. The summed E-state index contributed by atoms with van der Waals surface area (Å²) in [5.41, 5.74) is 3.43. The summed E-state index contributed by atoms with van der Waals surface area (Å²) in [6, 6.07) is 13.9. The van der Waals surface area contributed by atoms with Crippen LogP contribution in [-0.4, -0.2) is 5.78 Å². The van der Waals surface area contributed by atoms with Crippen molar-refractivity contribution < 1.29 is 4.79 Å². The van der Waals surface area contributed by atoms with Crippen molar-refractivity contribution >= 4 is 21.7 Å². The number of ketones is 1. The highest BCUT2D eigenvalue weighted by Crippen LogP contribution is 2.30. The number of Topliss-reactive ketones (excluding diaryl/α,β-unsaturated/α-hetero) is 1. The van der Waals surface area contributed by atoms with Crippen LogP contribution in [-0.2, 0) is 5.41 Å². The first-order chi connectivity index (χ1) is 9.34. The summed E-state index contributed by atoms with van der Waals surface area (Å²) < 4.78 is 1.05. The molecule has 0 N–H and O–H groups in total. The fourth-order valence-corrected chi connectivity index (χ4v) is 2.81. The van der Waals surface area contributed by atoms with E-state index in [9.17, 15) is 4.79 Å². The summed E-state index contributed by atoms with van der Waals surface area (Å²) in [6.07, 6.45) is 0. The van der Waals surface area contributed by atoms with Crippen molar-refractivity contribution in [3.05, 3.63) is 69.2 Å². The van der Waals surface area contributed by atoms with E-state index in [4.69, 9.17) is 0 Å². The Morgan fingerprint density at radius 2 is 1.60 bits per heavy atom. The van der Waals surface area contributed by atoms with E-state index >= 15 is 0 Å². The lowest BCUT2D eigenvalue weighted by Crippen LogP contribution is -2.29. The minimum atomic E-state index is -0.522. The van der Waals surface area contributed by atoms with Crippen LogP contribution < -0.4 is 0 Å². The van der Waals surface area contributed by atoms with Gasteiger partial charge >= 0.3 is 0 Å². The molecule has 2 aromatic rings. The first-order valence-electron chi connectivity index (χ1n) is 6.71. The predicted molar refractivity (Wildman–Crippen MR) is 87.4 cm³/mol. The highest BCUT2D eigenvalue weighted by molar-refractivity contribution is 9.10.